The number of ether oxygens (including phenoxy) is 1. The minimum atomic E-state index is -4.40. The molecule has 46 heavy (non-hydrogen) atoms. The first-order chi connectivity index (χ1) is 22.3. The number of aliphatic hydroxyl groups is 1. The van der Waals surface area contributed by atoms with E-state index in [1.165, 1.54) is 122 Å². The van der Waals surface area contributed by atoms with Gasteiger partial charge in [-0.25, -0.2) is 4.57 Å². The molecule has 0 heterocycles. The van der Waals surface area contributed by atoms with Gasteiger partial charge in [-0.1, -0.05) is 162 Å². The number of aliphatic hydroxyl groups excluding tert-OH is 1. The van der Waals surface area contributed by atoms with Crippen LogP contribution >= 0.6 is 7.82 Å². The SMILES string of the molecule is CCCCCCCCCCCCCCCCCCCCC(=O)NCCOP(=O)(O)OCC(O)COC(=O)CCCCCCCCC. The highest BCUT2D eigenvalue weighted by atomic mass is 31.2. The minimum absolute atomic E-state index is 0.0879. The lowest BCUT2D eigenvalue weighted by Crippen LogP contribution is -2.27. The molecule has 3 N–H and O–H groups in total. The van der Waals surface area contributed by atoms with Crippen molar-refractivity contribution in [2.24, 2.45) is 0 Å². The molecule has 1 amide bonds. The average molecular weight is 678 g/mol. The fraction of sp³-hybridized carbons (Fsp3) is 0.944. The van der Waals surface area contributed by atoms with E-state index >= 15 is 0 Å². The van der Waals surface area contributed by atoms with Crippen LogP contribution < -0.4 is 5.32 Å². The number of hydrogen-bond donors (Lipinski definition) is 3. The van der Waals surface area contributed by atoms with Crippen molar-refractivity contribution in [3.63, 3.8) is 0 Å². The Bertz CT molecular complexity index is 739. The minimum Gasteiger partial charge on any atom is -0.463 e. The van der Waals surface area contributed by atoms with Crippen LogP contribution in [0.15, 0.2) is 0 Å². The summed E-state index contributed by atoms with van der Waals surface area (Å²) in [4.78, 5) is 33.6. The lowest BCUT2D eigenvalue weighted by atomic mass is 10.0. The molecule has 0 aliphatic rings. The number of phosphoric acid groups is 1. The summed E-state index contributed by atoms with van der Waals surface area (Å²) in [5, 5.41) is 12.6. The summed E-state index contributed by atoms with van der Waals surface area (Å²) in [5.74, 6) is -0.515. The smallest absolute Gasteiger partial charge is 0.463 e. The Morgan fingerprint density at radius 3 is 1.41 bits per heavy atom. The van der Waals surface area contributed by atoms with Gasteiger partial charge in [0, 0.05) is 19.4 Å². The van der Waals surface area contributed by atoms with E-state index in [2.05, 4.69) is 19.2 Å². The summed E-state index contributed by atoms with van der Waals surface area (Å²) in [7, 11) is -4.40. The molecule has 2 unspecified atom stereocenters. The second-order valence-corrected chi connectivity index (χ2v) is 14.4. The van der Waals surface area contributed by atoms with Crippen LogP contribution in [0.5, 0.6) is 0 Å². The van der Waals surface area contributed by atoms with Gasteiger partial charge in [0.15, 0.2) is 0 Å². The fourth-order valence-corrected chi connectivity index (χ4v) is 6.14. The number of hydrogen-bond acceptors (Lipinski definition) is 7. The van der Waals surface area contributed by atoms with E-state index in [-0.39, 0.29) is 32.1 Å². The lowest BCUT2D eigenvalue weighted by molar-refractivity contribution is -0.147. The number of esters is 1. The maximum Gasteiger partial charge on any atom is 0.472 e. The molecule has 0 bridgehead atoms. The van der Waals surface area contributed by atoms with Crippen molar-refractivity contribution in [2.45, 2.75) is 193 Å². The topological polar surface area (TPSA) is 131 Å². The molecule has 0 fully saturated rings. The molecule has 0 aliphatic carbocycles. The lowest BCUT2D eigenvalue weighted by Gasteiger charge is -2.15. The van der Waals surface area contributed by atoms with Crippen LogP contribution in [-0.2, 0) is 27.9 Å². The third-order valence-corrected chi connectivity index (χ3v) is 9.27. The van der Waals surface area contributed by atoms with Crippen molar-refractivity contribution in [3.05, 3.63) is 0 Å². The van der Waals surface area contributed by atoms with Gasteiger partial charge in [-0.2, -0.15) is 0 Å². The van der Waals surface area contributed by atoms with Crippen molar-refractivity contribution in [1.29, 1.82) is 0 Å². The number of carbonyl (C=O) groups is 2. The molecule has 10 heteroatoms. The van der Waals surface area contributed by atoms with E-state index in [9.17, 15) is 24.2 Å². The summed E-state index contributed by atoms with van der Waals surface area (Å²) in [6, 6.07) is 0. The van der Waals surface area contributed by atoms with E-state index in [1.54, 1.807) is 0 Å². The van der Waals surface area contributed by atoms with Gasteiger partial charge in [-0.3, -0.25) is 18.6 Å². The van der Waals surface area contributed by atoms with Gasteiger partial charge in [-0.05, 0) is 12.8 Å². The van der Waals surface area contributed by atoms with Crippen LogP contribution in [0.1, 0.15) is 187 Å². The van der Waals surface area contributed by atoms with Gasteiger partial charge in [0.2, 0.25) is 5.91 Å². The zero-order chi connectivity index (χ0) is 34.0. The van der Waals surface area contributed by atoms with Gasteiger partial charge in [0.05, 0.1) is 13.2 Å². The molecular weight excluding hydrogens is 605 g/mol. The Hall–Kier alpha value is -0.990. The van der Waals surface area contributed by atoms with Crippen LogP contribution in [0, 0.1) is 0 Å². The molecule has 9 nitrogen and oxygen atoms in total. The maximum absolute atomic E-state index is 12.0. The van der Waals surface area contributed by atoms with Crippen LogP contribution in [0.2, 0.25) is 0 Å². The van der Waals surface area contributed by atoms with E-state index < -0.39 is 26.5 Å². The molecule has 0 saturated carbocycles. The van der Waals surface area contributed by atoms with Crippen molar-refractivity contribution < 1.29 is 37.9 Å². The zero-order valence-electron chi connectivity index (χ0n) is 29.8. The standard InChI is InChI=1S/C36H72NO8P/c1-3-5-7-9-11-12-13-14-15-16-17-18-19-20-21-23-24-26-28-35(39)37-30-31-44-46(41,42)45-33-34(38)32-43-36(40)29-27-25-22-10-8-6-4-2/h34,38H,3-33H2,1-2H3,(H,37,39)(H,41,42). The van der Waals surface area contributed by atoms with E-state index in [4.69, 9.17) is 13.8 Å². The molecular formula is C36H72NO8P. The van der Waals surface area contributed by atoms with E-state index in [1.807, 2.05) is 0 Å². The van der Waals surface area contributed by atoms with Gasteiger partial charge in [0.1, 0.15) is 12.7 Å². The molecule has 0 aromatic carbocycles. The fourth-order valence-electron chi connectivity index (χ4n) is 5.38. The van der Waals surface area contributed by atoms with Crippen molar-refractivity contribution in [1.82, 2.24) is 5.32 Å². The predicted molar refractivity (Wildman–Crippen MR) is 188 cm³/mol. The van der Waals surface area contributed by atoms with E-state index in [0.717, 1.165) is 38.5 Å². The van der Waals surface area contributed by atoms with Crippen LogP contribution in [0.3, 0.4) is 0 Å². The molecule has 0 rings (SSSR count). The number of rotatable bonds is 36. The average Bonchev–Trinajstić information content (AvgIpc) is 3.04. The third-order valence-electron chi connectivity index (χ3n) is 8.29. The van der Waals surface area contributed by atoms with Gasteiger partial charge in [0.25, 0.3) is 0 Å². The first kappa shape index (κ1) is 45.0. The Morgan fingerprint density at radius 1 is 0.587 bits per heavy atom. The van der Waals surface area contributed by atoms with Gasteiger partial charge < -0.3 is 20.1 Å². The highest BCUT2D eigenvalue weighted by Gasteiger charge is 2.23. The summed E-state index contributed by atoms with van der Waals surface area (Å²) >= 11 is 0. The van der Waals surface area contributed by atoms with Crippen LogP contribution in [-0.4, -0.2) is 54.3 Å². The monoisotopic (exact) mass is 677 g/mol. The van der Waals surface area contributed by atoms with Crippen molar-refractivity contribution in [3.8, 4) is 0 Å². The number of nitrogens with one attached hydrogen (secondary N) is 1. The third kappa shape index (κ3) is 34.3. The number of unbranched alkanes of at least 4 members (excludes halogenated alkanes) is 23. The second kappa shape index (κ2) is 33.9. The Balaban J connectivity index is 3.54. The largest absolute Gasteiger partial charge is 0.472 e. The molecule has 0 saturated heterocycles. The maximum atomic E-state index is 12.0. The summed E-state index contributed by atoms with van der Waals surface area (Å²) < 4.78 is 26.6. The molecule has 0 spiro atoms. The highest BCUT2D eigenvalue weighted by molar-refractivity contribution is 7.47. The van der Waals surface area contributed by atoms with E-state index in [0.29, 0.717) is 6.42 Å². The van der Waals surface area contributed by atoms with Crippen molar-refractivity contribution in [2.75, 3.05) is 26.4 Å². The first-order valence-corrected chi connectivity index (χ1v) is 20.5. The second-order valence-electron chi connectivity index (χ2n) is 12.9. The Labute approximate surface area is 282 Å². The van der Waals surface area contributed by atoms with Crippen LogP contribution in [0.25, 0.3) is 0 Å². The summed E-state index contributed by atoms with van der Waals surface area (Å²) in [6.45, 7) is 3.51. The number of carbonyl (C=O) groups excluding carboxylic acids is 2. The van der Waals surface area contributed by atoms with Crippen molar-refractivity contribution >= 4 is 19.7 Å². The molecule has 0 aromatic heterocycles. The number of phosphoric ester groups is 1. The van der Waals surface area contributed by atoms with Crippen LogP contribution in [0.4, 0.5) is 0 Å². The summed E-state index contributed by atoms with van der Waals surface area (Å²) in [5.41, 5.74) is 0. The predicted octanol–water partition coefficient (Wildman–Crippen LogP) is 9.71. The molecule has 0 aliphatic heterocycles. The molecule has 274 valence electrons. The molecule has 0 aromatic rings. The number of amides is 1. The zero-order valence-corrected chi connectivity index (χ0v) is 30.7. The van der Waals surface area contributed by atoms with Gasteiger partial charge in [-0.15, -0.1) is 0 Å². The highest BCUT2D eigenvalue weighted by Crippen LogP contribution is 2.42. The molecule has 2 atom stereocenters. The summed E-state index contributed by atoms with van der Waals surface area (Å²) in [6.07, 6.45) is 30.6. The molecule has 0 radical (unpaired) electrons. The van der Waals surface area contributed by atoms with Gasteiger partial charge >= 0.3 is 13.8 Å². The quantitative estimate of drug-likeness (QED) is 0.0339. The first-order valence-electron chi connectivity index (χ1n) is 19.0. The normalized spacial score (nSPS) is 13.4. The Morgan fingerprint density at radius 2 is 0.978 bits per heavy atom. The Kier molecular flexibility index (Phi) is 33.2.